The number of rotatable bonds is 3. The zero-order valence-corrected chi connectivity index (χ0v) is 10.8. The van der Waals surface area contributed by atoms with E-state index in [2.05, 4.69) is 10.5 Å². The van der Waals surface area contributed by atoms with E-state index in [9.17, 15) is 9.18 Å². The normalized spacial score (nSPS) is 11.2. The quantitative estimate of drug-likeness (QED) is 0.511. The number of benzene rings is 2. The molecule has 0 unspecified atom stereocenters. The van der Waals surface area contributed by atoms with Gasteiger partial charge in [0, 0.05) is 11.1 Å². The van der Waals surface area contributed by atoms with Crippen molar-refractivity contribution in [1.29, 1.82) is 0 Å². The summed E-state index contributed by atoms with van der Waals surface area (Å²) < 4.78 is 12.8. The molecule has 0 saturated heterocycles. The predicted octanol–water partition coefficient (Wildman–Crippen LogP) is 3.28. The van der Waals surface area contributed by atoms with Crippen molar-refractivity contribution in [1.82, 2.24) is 0 Å². The van der Waals surface area contributed by atoms with Gasteiger partial charge in [-0.3, -0.25) is 4.79 Å². The van der Waals surface area contributed by atoms with Crippen molar-refractivity contribution >= 4 is 17.3 Å². The Bertz CT molecular complexity index is 651. The molecule has 0 saturated carbocycles. The number of carbonyl (C=O) groups excluding carboxylic acids is 1. The van der Waals surface area contributed by atoms with E-state index in [0.717, 1.165) is 0 Å². The van der Waals surface area contributed by atoms with Gasteiger partial charge in [0.05, 0.1) is 11.4 Å². The minimum Gasteiger partial charge on any atom is -0.411 e. The van der Waals surface area contributed by atoms with E-state index in [-0.39, 0.29) is 5.91 Å². The first kappa shape index (κ1) is 13.7. The van der Waals surface area contributed by atoms with Crippen LogP contribution >= 0.6 is 0 Å². The first-order valence-corrected chi connectivity index (χ1v) is 5.97. The van der Waals surface area contributed by atoms with Crippen LogP contribution in [0.2, 0.25) is 0 Å². The van der Waals surface area contributed by atoms with Gasteiger partial charge < -0.3 is 10.5 Å². The van der Waals surface area contributed by atoms with Gasteiger partial charge >= 0.3 is 0 Å². The fourth-order valence-corrected chi connectivity index (χ4v) is 1.76. The SMILES string of the molecule is C/C(=N\O)c1ccccc1NC(=O)c1ccc(F)cc1. The van der Waals surface area contributed by atoms with E-state index in [1.54, 1.807) is 31.2 Å². The van der Waals surface area contributed by atoms with Gasteiger partial charge in [-0.1, -0.05) is 23.4 Å². The van der Waals surface area contributed by atoms with Crippen molar-refractivity contribution in [3.8, 4) is 0 Å². The highest BCUT2D eigenvalue weighted by atomic mass is 19.1. The average molecular weight is 272 g/mol. The molecule has 4 nitrogen and oxygen atoms in total. The Morgan fingerprint density at radius 3 is 2.45 bits per heavy atom. The van der Waals surface area contributed by atoms with Gasteiger partial charge in [0.2, 0.25) is 0 Å². The number of para-hydroxylation sites is 1. The third-order valence-corrected chi connectivity index (χ3v) is 2.82. The molecule has 1 amide bonds. The van der Waals surface area contributed by atoms with Crippen molar-refractivity contribution in [2.45, 2.75) is 6.92 Å². The second kappa shape index (κ2) is 5.97. The second-order valence-electron chi connectivity index (χ2n) is 4.19. The van der Waals surface area contributed by atoms with Crippen molar-refractivity contribution in [3.05, 3.63) is 65.5 Å². The van der Waals surface area contributed by atoms with Crippen LogP contribution in [-0.2, 0) is 0 Å². The lowest BCUT2D eigenvalue weighted by molar-refractivity contribution is 0.102. The lowest BCUT2D eigenvalue weighted by atomic mass is 10.1. The molecule has 0 aliphatic carbocycles. The van der Waals surface area contributed by atoms with Gasteiger partial charge in [-0.25, -0.2) is 4.39 Å². The van der Waals surface area contributed by atoms with Crippen molar-refractivity contribution in [3.63, 3.8) is 0 Å². The molecule has 0 aromatic heterocycles. The van der Waals surface area contributed by atoms with E-state index < -0.39 is 5.82 Å². The summed E-state index contributed by atoms with van der Waals surface area (Å²) in [6, 6.07) is 12.2. The van der Waals surface area contributed by atoms with Crippen LogP contribution < -0.4 is 5.32 Å². The summed E-state index contributed by atoms with van der Waals surface area (Å²) in [4.78, 5) is 12.1. The van der Waals surface area contributed by atoms with E-state index in [1.807, 2.05) is 0 Å². The Balaban J connectivity index is 2.26. The summed E-state index contributed by atoms with van der Waals surface area (Å²) in [6.07, 6.45) is 0. The Morgan fingerprint density at radius 2 is 1.80 bits per heavy atom. The first-order valence-electron chi connectivity index (χ1n) is 5.97. The molecular formula is C15H13FN2O2. The molecule has 2 rings (SSSR count). The van der Waals surface area contributed by atoms with E-state index >= 15 is 0 Å². The minimum absolute atomic E-state index is 0.347. The van der Waals surface area contributed by atoms with E-state index in [0.29, 0.717) is 22.5 Å². The van der Waals surface area contributed by atoms with Crippen LogP contribution in [0.4, 0.5) is 10.1 Å². The molecule has 0 radical (unpaired) electrons. The maximum absolute atomic E-state index is 12.8. The average Bonchev–Trinajstić information content (AvgIpc) is 2.47. The fourth-order valence-electron chi connectivity index (χ4n) is 1.76. The second-order valence-corrected chi connectivity index (χ2v) is 4.19. The number of halogens is 1. The molecule has 2 aromatic rings. The Morgan fingerprint density at radius 1 is 1.15 bits per heavy atom. The minimum atomic E-state index is -0.398. The molecule has 0 aliphatic rings. The standard InChI is InChI=1S/C15H13FN2O2/c1-10(18-20)13-4-2-3-5-14(13)17-15(19)11-6-8-12(16)9-7-11/h2-9,20H,1H3,(H,17,19)/b18-10+. The molecule has 2 N–H and O–H groups in total. The molecular weight excluding hydrogens is 259 g/mol. The van der Waals surface area contributed by atoms with Crippen LogP contribution in [0.25, 0.3) is 0 Å². The molecule has 0 atom stereocenters. The summed E-state index contributed by atoms with van der Waals surface area (Å²) in [5, 5.41) is 14.7. The van der Waals surface area contributed by atoms with Crippen LogP contribution in [0.15, 0.2) is 53.7 Å². The summed E-state index contributed by atoms with van der Waals surface area (Å²) in [7, 11) is 0. The number of nitrogens with zero attached hydrogens (tertiary/aromatic N) is 1. The van der Waals surface area contributed by atoms with Gasteiger partial charge in [0.15, 0.2) is 0 Å². The van der Waals surface area contributed by atoms with Crippen molar-refractivity contribution in [2.24, 2.45) is 5.16 Å². The van der Waals surface area contributed by atoms with Gasteiger partial charge in [0.1, 0.15) is 5.82 Å². The Hall–Kier alpha value is -2.69. The Labute approximate surface area is 115 Å². The van der Waals surface area contributed by atoms with Crippen LogP contribution in [0.1, 0.15) is 22.8 Å². The van der Waals surface area contributed by atoms with Gasteiger partial charge in [0.25, 0.3) is 5.91 Å². The van der Waals surface area contributed by atoms with E-state index in [4.69, 9.17) is 5.21 Å². The predicted molar refractivity (Wildman–Crippen MR) is 74.8 cm³/mol. The van der Waals surface area contributed by atoms with Crippen LogP contribution in [0.5, 0.6) is 0 Å². The number of oxime groups is 1. The van der Waals surface area contributed by atoms with Crippen LogP contribution in [0, 0.1) is 5.82 Å². The van der Waals surface area contributed by atoms with Crippen LogP contribution in [-0.4, -0.2) is 16.8 Å². The number of hydrogen-bond acceptors (Lipinski definition) is 3. The first-order chi connectivity index (χ1) is 9.61. The maximum atomic E-state index is 12.8. The lowest BCUT2D eigenvalue weighted by Gasteiger charge is -2.10. The summed E-state index contributed by atoms with van der Waals surface area (Å²) in [5.41, 5.74) is 1.88. The molecule has 5 heteroatoms. The van der Waals surface area contributed by atoms with Gasteiger partial charge in [-0.2, -0.15) is 0 Å². The third kappa shape index (κ3) is 3.00. The molecule has 0 heterocycles. The number of amides is 1. The largest absolute Gasteiger partial charge is 0.411 e. The molecule has 20 heavy (non-hydrogen) atoms. The van der Waals surface area contributed by atoms with E-state index in [1.165, 1.54) is 24.3 Å². The molecule has 0 bridgehead atoms. The summed E-state index contributed by atoms with van der Waals surface area (Å²) >= 11 is 0. The number of anilines is 1. The summed E-state index contributed by atoms with van der Waals surface area (Å²) in [6.45, 7) is 1.63. The number of nitrogens with one attached hydrogen (secondary N) is 1. The lowest BCUT2D eigenvalue weighted by Crippen LogP contribution is -2.14. The fraction of sp³-hybridized carbons (Fsp3) is 0.0667. The summed E-state index contributed by atoms with van der Waals surface area (Å²) in [5.74, 6) is -0.756. The molecule has 0 aliphatic heterocycles. The van der Waals surface area contributed by atoms with Gasteiger partial charge in [-0.05, 0) is 37.3 Å². The smallest absolute Gasteiger partial charge is 0.255 e. The molecule has 2 aromatic carbocycles. The highest BCUT2D eigenvalue weighted by Crippen LogP contribution is 2.17. The Kier molecular flexibility index (Phi) is 4.10. The maximum Gasteiger partial charge on any atom is 0.255 e. The highest BCUT2D eigenvalue weighted by Gasteiger charge is 2.10. The third-order valence-electron chi connectivity index (χ3n) is 2.82. The van der Waals surface area contributed by atoms with Crippen molar-refractivity contribution in [2.75, 3.05) is 5.32 Å². The molecule has 102 valence electrons. The topological polar surface area (TPSA) is 61.7 Å². The highest BCUT2D eigenvalue weighted by molar-refractivity contribution is 6.10. The van der Waals surface area contributed by atoms with Crippen LogP contribution in [0.3, 0.4) is 0 Å². The monoisotopic (exact) mass is 272 g/mol. The van der Waals surface area contributed by atoms with Crippen molar-refractivity contribution < 1.29 is 14.4 Å². The zero-order chi connectivity index (χ0) is 14.5. The number of hydrogen-bond donors (Lipinski definition) is 2. The zero-order valence-electron chi connectivity index (χ0n) is 10.8. The molecule has 0 spiro atoms. The number of carbonyl (C=O) groups is 1. The van der Waals surface area contributed by atoms with Gasteiger partial charge in [-0.15, -0.1) is 0 Å². The molecule has 0 fully saturated rings.